The molecule has 2 aromatic heterocycles. The van der Waals surface area contributed by atoms with Crippen molar-refractivity contribution in [3.05, 3.63) is 53.5 Å². The third-order valence-corrected chi connectivity index (χ3v) is 5.63. The highest BCUT2D eigenvalue weighted by Gasteiger charge is 2.17. The van der Waals surface area contributed by atoms with Crippen LogP contribution < -0.4 is 15.8 Å². The molecule has 1 aliphatic rings. The zero-order valence-corrected chi connectivity index (χ0v) is 17.7. The van der Waals surface area contributed by atoms with Gasteiger partial charge in [0.25, 0.3) is 5.91 Å². The van der Waals surface area contributed by atoms with Crippen molar-refractivity contribution in [2.24, 2.45) is 0 Å². The third-order valence-electron chi connectivity index (χ3n) is 4.73. The number of morpholine rings is 1. The van der Waals surface area contributed by atoms with Gasteiger partial charge in [-0.25, -0.2) is 9.97 Å². The van der Waals surface area contributed by atoms with E-state index in [-0.39, 0.29) is 18.0 Å². The van der Waals surface area contributed by atoms with E-state index in [1.807, 2.05) is 30.3 Å². The van der Waals surface area contributed by atoms with Gasteiger partial charge in [0.2, 0.25) is 5.91 Å². The minimum Gasteiger partial charge on any atom is -0.441 e. The summed E-state index contributed by atoms with van der Waals surface area (Å²) in [5, 5.41) is 2.46. The number of hydrazine groups is 1. The molecule has 0 atom stereocenters. The molecule has 0 saturated carbocycles. The molecule has 1 aromatic carbocycles. The van der Waals surface area contributed by atoms with Gasteiger partial charge in [-0.15, -0.1) is 11.3 Å². The van der Waals surface area contributed by atoms with E-state index in [4.69, 9.17) is 9.15 Å². The molecule has 1 fully saturated rings. The average molecular weight is 442 g/mol. The van der Waals surface area contributed by atoms with Crippen molar-refractivity contribution in [3.63, 3.8) is 0 Å². The highest BCUT2D eigenvalue weighted by Crippen LogP contribution is 2.22. The van der Waals surface area contributed by atoms with Crippen LogP contribution in [-0.2, 0) is 16.0 Å². The monoisotopic (exact) mass is 441 g/mol. The number of benzene rings is 1. The van der Waals surface area contributed by atoms with Gasteiger partial charge in [-0.2, -0.15) is 0 Å². The molecular weight excluding hydrogens is 418 g/mol. The maximum absolute atomic E-state index is 12.2. The van der Waals surface area contributed by atoms with Crippen LogP contribution >= 0.6 is 11.3 Å². The van der Waals surface area contributed by atoms with E-state index in [1.165, 1.54) is 11.3 Å². The third kappa shape index (κ3) is 5.68. The van der Waals surface area contributed by atoms with Crippen molar-refractivity contribution in [3.8, 4) is 11.3 Å². The van der Waals surface area contributed by atoms with E-state index < -0.39 is 5.91 Å². The Kier molecular flexibility index (Phi) is 6.90. The second kappa shape index (κ2) is 10.2. The Morgan fingerprint density at radius 1 is 1.13 bits per heavy atom. The predicted octanol–water partition coefficient (Wildman–Crippen LogP) is 2.42. The number of hydrogen-bond donors (Lipinski definition) is 2. The summed E-state index contributed by atoms with van der Waals surface area (Å²) in [6.45, 7) is 2.81. The fraction of sp³-hybridized carbons (Fsp3) is 0.333. The first-order valence-electron chi connectivity index (χ1n) is 10.1. The summed E-state index contributed by atoms with van der Waals surface area (Å²) < 4.78 is 11.0. The number of nitrogens with zero attached hydrogens (tertiary/aromatic N) is 3. The Morgan fingerprint density at radius 2 is 1.94 bits per heavy atom. The standard InChI is InChI=1S/C21H23N5O4S/c27-18(7-4-8-19-22-13-17(30-19)15-5-2-1-3-6-15)24-25-20(28)16-14-31-21(23-16)26-9-11-29-12-10-26/h1-3,5-6,13-14H,4,7-12H2,(H,24,27)(H,25,28). The van der Waals surface area contributed by atoms with Crippen molar-refractivity contribution in [2.45, 2.75) is 19.3 Å². The summed E-state index contributed by atoms with van der Waals surface area (Å²) in [7, 11) is 0. The molecule has 31 heavy (non-hydrogen) atoms. The molecule has 4 rings (SSSR count). The summed E-state index contributed by atoms with van der Waals surface area (Å²) in [5.74, 6) is 0.553. The molecule has 0 radical (unpaired) electrons. The average Bonchev–Trinajstić information content (AvgIpc) is 3.49. The van der Waals surface area contributed by atoms with Crippen molar-refractivity contribution in [1.82, 2.24) is 20.8 Å². The Morgan fingerprint density at radius 3 is 2.74 bits per heavy atom. The first kappa shape index (κ1) is 21.0. The minimum atomic E-state index is -0.440. The maximum atomic E-state index is 12.2. The summed E-state index contributed by atoms with van der Waals surface area (Å²) in [5.41, 5.74) is 6.08. The fourth-order valence-corrected chi connectivity index (χ4v) is 3.94. The Balaban J connectivity index is 1.18. The molecule has 1 saturated heterocycles. The van der Waals surface area contributed by atoms with Crippen LogP contribution in [0.1, 0.15) is 29.2 Å². The van der Waals surface area contributed by atoms with E-state index in [9.17, 15) is 9.59 Å². The van der Waals surface area contributed by atoms with Gasteiger partial charge in [0, 0.05) is 36.9 Å². The lowest BCUT2D eigenvalue weighted by Gasteiger charge is -2.25. The quantitative estimate of drug-likeness (QED) is 0.542. The van der Waals surface area contributed by atoms with Gasteiger partial charge in [0.1, 0.15) is 5.69 Å². The first-order valence-corrected chi connectivity index (χ1v) is 10.9. The number of amides is 2. The minimum absolute atomic E-state index is 0.236. The number of anilines is 1. The maximum Gasteiger partial charge on any atom is 0.289 e. The largest absolute Gasteiger partial charge is 0.441 e. The molecular formula is C21H23N5O4S. The molecule has 162 valence electrons. The normalized spacial score (nSPS) is 13.7. The van der Waals surface area contributed by atoms with Gasteiger partial charge < -0.3 is 14.1 Å². The van der Waals surface area contributed by atoms with Crippen LogP contribution in [-0.4, -0.2) is 48.1 Å². The molecule has 3 aromatic rings. The van der Waals surface area contributed by atoms with Gasteiger partial charge >= 0.3 is 0 Å². The Hall–Kier alpha value is -3.24. The van der Waals surface area contributed by atoms with E-state index in [2.05, 4.69) is 25.7 Å². The van der Waals surface area contributed by atoms with Crippen LogP contribution in [0.25, 0.3) is 11.3 Å². The SMILES string of the molecule is O=C(CCCc1ncc(-c2ccccc2)o1)NNC(=O)c1csc(N2CCOCC2)n1. The molecule has 2 amide bonds. The number of ether oxygens (including phenoxy) is 1. The van der Waals surface area contributed by atoms with E-state index in [1.54, 1.807) is 11.6 Å². The zero-order chi connectivity index (χ0) is 21.5. The highest BCUT2D eigenvalue weighted by atomic mass is 32.1. The topological polar surface area (TPSA) is 110 Å². The van der Waals surface area contributed by atoms with Crippen molar-refractivity contribution in [1.29, 1.82) is 0 Å². The van der Waals surface area contributed by atoms with Gasteiger partial charge in [-0.1, -0.05) is 30.3 Å². The van der Waals surface area contributed by atoms with Gasteiger partial charge in [0.15, 0.2) is 16.8 Å². The lowest BCUT2D eigenvalue weighted by molar-refractivity contribution is -0.121. The second-order valence-electron chi connectivity index (χ2n) is 6.95. The number of thiazole rings is 1. The van der Waals surface area contributed by atoms with Gasteiger partial charge in [-0.3, -0.25) is 20.4 Å². The van der Waals surface area contributed by atoms with Crippen LogP contribution in [0.5, 0.6) is 0 Å². The van der Waals surface area contributed by atoms with Crippen molar-refractivity contribution in [2.75, 3.05) is 31.2 Å². The van der Waals surface area contributed by atoms with Gasteiger partial charge in [-0.05, 0) is 6.42 Å². The van der Waals surface area contributed by atoms with Crippen molar-refractivity contribution >= 4 is 28.3 Å². The van der Waals surface area contributed by atoms with Crippen molar-refractivity contribution < 1.29 is 18.7 Å². The second-order valence-corrected chi connectivity index (χ2v) is 7.79. The number of carbonyl (C=O) groups excluding carboxylic acids is 2. The number of hydrogen-bond acceptors (Lipinski definition) is 8. The summed E-state index contributed by atoms with van der Waals surface area (Å²) >= 11 is 1.40. The molecule has 3 heterocycles. The number of carbonyl (C=O) groups is 2. The number of oxazole rings is 1. The molecule has 0 spiro atoms. The van der Waals surface area contributed by atoms with Crippen LogP contribution in [0.2, 0.25) is 0 Å². The smallest absolute Gasteiger partial charge is 0.289 e. The summed E-state index contributed by atoms with van der Waals surface area (Å²) in [6.07, 6.45) is 3.00. The van der Waals surface area contributed by atoms with Crippen LogP contribution in [0.3, 0.4) is 0 Å². The molecule has 10 heteroatoms. The number of rotatable bonds is 7. The summed E-state index contributed by atoms with van der Waals surface area (Å²) in [6, 6.07) is 9.71. The highest BCUT2D eigenvalue weighted by molar-refractivity contribution is 7.13. The lowest BCUT2D eigenvalue weighted by Crippen LogP contribution is -2.41. The van der Waals surface area contributed by atoms with Gasteiger partial charge in [0.05, 0.1) is 19.4 Å². The van der Waals surface area contributed by atoms with E-state index in [0.717, 1.165) is 23.8 Å². The Bertz CT molecular complexity index is 1010. The first-order chi connectivity index (χ1) is 15.2. The molecule has 9 nitrogen and oxygen atoms in total. The predicted molar refractivity (Wildman–Crippen MR) is 116 cm³/mol. The zero-order valence-electron chi connectivity index (χ0n) is 16.9. The summed E-state index contributed by atoms with van der Waals surface area (Å²) in [4.78, 5) is 34.9. The lowest BCUT2D eigenvalue weighted by atomic mass is 10.2. The van der Waals surface area contributed by atoms with Crippen LogP contribution in [0.4, 0.5) is 5.13 Å². The molecule has 0 aliphatic carbocycles. The van der Waals surface area contributed by atoms with Crippen LogP contribution in [0.15, 0.2) is 46.3 Å². The molecule has 0 unspecified atom stereocenters. The fourth-order valence-electron chi connectivity index (χ4n) is 3.08. The molecule has 1 aliphatic heterocycles. The van der Waals surface area contributed by atoms with E-state index in [0.29, 0.717) is 37.7 Å². The molecule has 2 N–H and O–H groups in total. The number of nitrogens with one attached hydrogen (secondary N) is 2. The number of aryl methyl sites for hydroxylation is 1. The number of aromatic nitrogens is 2. The van der Waals surface area contributed by atoms with Crippen LogP contribution in [0, 0.1) is 0 Å². The Labute approximate surface area is 183 Å². The van der Waals surface area contributed by atoms with E-state index >= 15 is 0 Å². The molecule has 0 bridgehead atoms.